The summed E-state index contributed by atoms with van der Waals surface area (Å²) in [5.41, 5.74) is 1.28. The molecule has 1 aromatic carbocycles. The Labute approximate surface area is 97.2 Å². The maximum atomic E-state index is 11.8. The summed E-state index contributed by atoms with van der Waals surface area (Å²) >= 11 is 0. The average molecular weight is 217 g/mol. The van der Waals surface area contributed by atoms with Gasteiger partial charge >= 0.3 is 0 Å². The molecule has 0 fully saturated rings. The SMILES string of the molecule is CCC(CC)C(=N)C(=O)Cc1ccccc1. The van der Waals surface area contributed by atoms with Gasteiger partial charge in [0.25, 0.3) is 0 Å². The molecule has 0 saturated carbocycles. The Balaban J connectivity index is 2.62. The van der Waals surface area contributed by atoms with Crippen LogP contribution in [0.3, 0.4) is 0 Å². The second-order valence-electron chi connectivity index (χ2n) is 4.01. The van der Waals surface area contributed by atoms with Crippen molar-refractivity contribution in [3.63, 3.8) is 0 Å². The molecule has 86 valence electrons. The van der Waals surface area contributed by atoms with Crippen LogP contribution >= 0.6 is 0 Å². The zero-order valence-electron chi connectivity index (χ0n) is 9.99. The van der Waals surface area contributed by atoms with E-state index in [4.69, 9.17) is 5.41 Å². The molecule has 2 heteroatoms. The number of carbonyl (C=O) groups excluding carboxylic acids is 1. The smallest absolute Gasteiger partial charge is 0.180 e. The highest BCUT2D eigenvalue weighted by atomic mass is 16.1. The predicted octanol–water partition coefficient (Wildman–Crippen LogP) is 3.25. The zero-order chi connectivity index (χ0) is 12.0. The van der Waals surface area contributed by atoms with Crippen LogP contribution in [0.1, 0.15) is 32.3 Å². The summed E-state index contributed by atoms with van der Waals surface area (Å²) in [6.07, 6.45) is 2.10. The lowest BCUT2D eigenvalue weighted by atomic mass is 9.92. The van der Waals surface area contributed by atoms with Gasteiger partial charge in [0.05, 0.1) is 5.71 Å². The van der Waals surface area contributed by atoms with Crippen LogP contribution in [0.5, 0.6) is 0 Å². The zero-order valence-corrected chi connectivity index (χ0v) is 9.99. The van der Waals surface area contributed by atoms with Gasteiger partial charge in [0, 0.05) is 12.3 Å². The molecule has 0 heterocycles. The quantitative estimate of drug-likeness (QED) is 0.730. The van der Waals surface area contributed by atoms with Gasteiger partial charge in [-0.3, -0.25) is 4.79 Å². The lowest BCUT2D eigenvalue weighted by Crippen LogP contribution is -2.23. The normalized spacial score (nSPS) is 10.4. The van der Waals surface area contributed by atoms with Gasteiger partial charge in [-0.25, -0.2) is 0 Å². The maximum Gasteiger partial charge on any atom is 0.180 e. The van der Waals surface area contributed by atoms with Crippen molar-refractivity contribution in [2.24, 2.45) is 5.92 Å². The van der Waals surface area contributed by atoms with Gasteiger partial charge in [-0.2, -0.15) is 0 Å². The molecule has 0 amide bonds. The monoisotopic (exact) mass is 217 g/mol. The van der Waals surface area contributed by atoms with Crippen molar-refractivity contribution in [3.05, 3.63) is 35.9 Å². The van der Waals surface area contributed by atoms with E-state index in [2.05, 4.69) is 0 Å². The maximum absolute atomic E-state index is 11.8. The second kappa shape index (κ2) is 6.21. The standard InChI is InChI=1S/C14H19NO/c1-3-12(4-2)14(15)13(16)10-11-8-6-5-7-9-11/h5-9,12,15H,3-4,10H2,1-2H3. The number of Topliss-reactive ketones (excluding diaryl/α,β-unsaturated/α-hetero) is 1. The molecule has 0 aliphatic heterocycles. The first-order valence-electron chi connectivity index (χ1n) is 5.84. The van der Waals surface area contributed by atoms with Crippen molar-refractivity contribution >= 4 is 11.5 Å². The highest BCUT2D eigenvalue weighted by Gasteiger charge is 2.17. The number of nitrogens with one attached hydrogen (secondary N) is 1. The Morgan fingerprint density at radius 1 is 1.19 bits per heavy atom. The van der Waals surface area contributed by atoms with Crippen LogP contribution in [0, 0.1) is 11.3 Å². The van der Waals surface area contributed by atoms with Gasteiger partial charge < -0.3 is 5.41 Å². The summed E-state index contributed by atoms with van der Waals surface area (Å²) in [4.78, 5) is 11.8. The van der Waals surface area contributed by atoms with Crippen molar-refractivity contribution in [2.75, 3.05) is 0 Å². The van der Waals surface area contributed by atoms with Crippen molar-refractivity contribution < 1.29 is 4.79 Å². The Morgan fingerprint density at radius 2 is 1.75 bits per heavy atom. The third-order valence-corrected chi connectivity index (χ3v) is 2.90. The average Bonchev–Trinajstić information content (AvgIpc) is 2.31. The number of ketones is 1. The molecule has 0 aliphatic carbocycles. The highest BCUT2D eigenvalue weighted by molar-refractivity contribution is 6.39. The number of hydrogen-bond acceptors (Lipinski definition) is 2. The molecule has 0 saturated heterocycles. The summed E-state index contributed by atoms with van der Waals surface area (Å²) in [5.74, 6) is 0.0797. The van der Waals surface area contributed by atoms with E-state index in [9.17, 15) is 4.79 Å². The summed E-state index contributed by atoms with van der Waals surface area (Å²) in [7, 11) is 0. The van der Waals surface area contributed by atoms with Crippen LogP contribution in [-0.2, 0) is 11.2 Å². The number of carbonyl (C=O) groups is 1. The van der Waals surface area contributed by atoms with Gasteiger partial charge in [0.1, 0.15) is 0 Å². The minimum Gasteiger partial charge on any atom is -0.301 e. The Kier molecular flexibility index (Phi) is 4.90. The molecular formula is C14H19NO. The molecule has 0 spiro atoms. The van der Waals surface area contributed by atoms with Gasteiger partial charge in [-0.05, 0) is 18.4 Å². The van der Waals surface area contributed by atoms with Crippen molar-refractivity contribution in [1.82, 2.24) is 0 Å². The molecule has 1 N–H and O–H groups in total. The molecular weight excluding hydrogens is 198 g/mol. The van der Waals surface area contributed by atoms with Gasteiger partial charge in [0.2, 0.25) is 0 Å². The molecule has 0 bridgehead atoms. The fourth-order valence-electron chi connectivity index (χ4n) is 1.80. The fourth-order valence-corrected chi connectivity index (χ4v) is 1.80. The Hall–Kier alpha value is -1.44. The number of hydrogen-bond donors (Lipinski definition) is 1. The molecule has 0 aliphatic rings. The minimum atomic E-state index is -0.0418. The Bertz CT molecular complexity index is 352. The Morgan fingerprint density at radius 3 is 2.25 bits per heavy atom. The van der Waals surface area contributed by atoms with Gasteiger partial charge in [-0.15, -0.1) is 0 Å². The lowest BCUT2D eigenvalue weighted by molar-refractivity contribution is -0.112. The number of rotatable bonds is 6. The summed E-state index contributed by atoms with van der Waals surface area (Å²) in [6.45, 7) is 4.05. The van der Waals surface area contributed by atoms with Crippen molar-refractivity contribution in [2.45, 2.75) is 33.1 Å². The van der Waals surface area contributed by atoms with Crippen LogP contribution in [0.4, 0.5) is 0 Å². The van der Waals surface area contributed by atoms with E-state index < -0.39 is 0 Å². The first-order chi connectivity index (χ1) is 7.69. The number of benzene rings is 1. The summed E-state index contributed by atoms with van der Waals surface area (Å²) < 4.78 is 0. The molecule has 1 aromatic rings. The van der Waals surface area contributed by atoms with Crippen LogP contribution in [0.25, 0.3) is 0 Å². The summed E-state index contributed by atoms with van der Waals surface area (Å²) in [5, 5.41) is 7.85. The lowest BCUT2D eigenvalue weighted by Gasteiger charge is -2.12. The molecule has 2 nitrogen and oxygen atoms in total. The van der Waals surface area contributed by atoms with Crippen LogP contribution in [0.15, 0.2) is 30.3 Å². The van der Waals surface area contributed by atoms with E-state index in [0.717, 1.165) is 18.4 Å². The minimum absolute atomic E-state index is 0.0418. The van der Waals surface area contributed by atoms with Gasteiger partial charge in [0.15, 0.2) is 5.78 Å². The molecule has 16 heavy (non-hydrogen) atoms. The van der Waals surface area contributed by atoms with Crippen molar-refractivity contribution in [3.8, 4) is 0 Å². The van der Waals surface area contributed by atoms with E-state index in [-0.39, 0.29) is 17.4 Å². The van der Waals surface area contributed by atoms with Crippen molar-refractivity contribution in [1.29, 1.82) is 5.41 Å². The second-order valence-corrected chi connectivity index (χ2v) is 4.01. The van der Waals surface area contributed by atoms with E-state index in [0.29, 0.717) is 6.42 Å². The largest absolute Gasteiger partial charge is 0.301 e. The van der Waals surface area contributed by atoms with E-state index in [1.165, 1.54) is 0 Å². The van der Waals surface area contributed by atoms with Crippen LogP contribution in [-0.4, -0.2) is 11.5 Å². The molecule has 0 aromatic heterocycles. The van der Waals surface area contributed by atoms with E-state index >= 15 is 0 Å². The fraction of sp³-hybridized carbons (Fsp3) is 0.429. The molecule has 1 rings (SSSR count). The van der Waals surface area contributed by atoms with Gasteiger partial charge in [-0.1, -0.05) is 44.2 Å². The van der Waals surface area contributed by atoms with Crippen LogP contribution < -0.4 is 0 Å². The van der Waals surface area contributed by atoms with E-state index in [1.54, 1.807) is 0 Å². The first-order valence-corrected chi connectivity index (χ1v) is 5.84. The third-order valence-electron chi connectivity index (χ3n) is 2.90. The molecule has 0 atom stereocenters. The van der Waals surface area contributed by atoms with E-state index in [1.807, 2.05) is 44.2 Å². The molecule has 0 radical (unpaired) electrons. The molecule has 0 unspecified atom stereocenters. The third kappa shape index (κ3) is 3.30. The highest BCUT2D eigenvalue weighted by Crippen LogP contribution is 2.11. The van der Waals surface area contributed by atoms with Crippen LogP contribution in [0.2, 0.25) is 0 Å². The summed E-state index contributed by atoms with van der Waals surface area (Å²) in [6, 6.07) is 9.63. The first kappa shape index (κ1) is 12.6. The topological polar surface area (TPSA) is 40.9 Å². The predicted molar refractivity (Wildman–Crippen MR) is 67.0 cm³/mol.